The summed E-state index contributed by atoms with van der Waals surface area (Å²) in [6, 6.07) is 1.79. The normalized spacial score (nSPS) is 10.6. The minimum atomic E-state index is -0.0977. The molecule has 18 heavy (non-hydrogen) atoms. The van der Waals surface area contributed by atoms with Gasteiger partial charge in [0.1, 0.15) is 5.69 Å². The van der Waals surface area contributed by atoms with Gasteiger partial charge in [-0.05, 0) is 37.9 Å². The van der Waals surface area contributed by atoms with Crippen LogP contribution in [0, 0.1) is 0 Å². The van der Waals surface area contributed by atoms with Crippen molar-refractivity contribution in [3.8, 4) is 0 Å². The number of carbonyl (C=O) groups is 1. The second-order valence-electron chi connectivity index (χ2n) is 3.79. The smallest absolute Gasteiger partial charge is 0.267 e. The number of aromatic amines is 1. The lowest BCUT2D eigenvalue weighted by atomic mass is 10.3. The molecule has 5 nitrogen and oxygen atoms in total. The maximum absolute atomic E-state index is 12.0. The first-order chi connectivity index (χ1) is 8.59. The highest BCUT2D eigenvalue weighted by Gasteiger charge is 2.14. The molecule has 2 N–H and O–H groups in total. The Morgan fingerprint density at radius 2 is 2.33 bits per heavy atom. The number of H-pyrrole nitrogens is 1. The third-order valence-electron chi connectivity index (χ3n) is 2.57. The summed E-state index contributed by atoms with van der Waals surface area (Å²) in [5, 5.41) is 2.86. The Morgan fingerprint density at radius 1 is 1.56 bits per heavy atom. The van der Waals surface area contributed by atoms with E-state index < -0.39 is 0 Å². The summed E-state index contributed by atoms with van der Waals surface area (Å²) in [6.45, 7) is 0.560. The van der Waals surface area contributed by atoms with E-state index in [-0.39, 0.29) is 5.91 Å². The zero-order valence-electron chi connectivity index (χ0n) is 9.70. The van der Waals surface area contributed by atoms with Crippen LogP contribution in [0.1, 0.15) is 16.2 Å². The van der Waals surface area contributed by atoms with E-state index in [4.69, 9.17) is 0 Å². The van der Waals surface area contributed by atoms with E-state index in [9.17, 15) is 4.79 Å². The van der Waals surface area contributed by atoms with Gasteiger partial charge in [0.25, 0.3) is 5.91 Å². The molecular formula is C11H12Br2N4O. The Balaban J connectivity index is 1.93. The molecule has 0 saturated heterocycles. The van der Waals surface area contributed by atoms with Gasteiger partial charge < -0.3 is 14.9 Å². The summed E-state index contributed by atoms with van der Waals surface area (Å²) >= 11 is 6.76. The monoisotopic (exact) mass is 374 g/mol. The molecular weight excluding hydrogens is 364 g/mol. The lowest BCUT2D eigenvalue weighted by Crippen LogP contribution is -2.27. The predicted octanol–water partition coefficient (Wildman–Crippen LogP) is 2.25. The number of amides is 1. The second kappa shape index (κ2) is 5.71. The molecule has 0 saturated carbocycles. The van der Waals surface area contributed by atoms with Gasteiger partial charge in [-0.1, -0.05) is 0 Å². The van der Waals surface area contributed by atoms with Gasteiger partial charge in [0.15, 0.2) is 0 Å². The molecule has 7 heteroatoms. The highest BCUT2D eigenvalue weighted by molar-refractivity contribution is 9.13. The summed E-state index contributed by atoms with van der Waals surface area (Å²) in [4.78, 5) is 18.9. The van der Waals surface area contributed by atoms with Crippen LogP contribution in [0.4, 0.5) is 0 Å². The van der Waals surface area contributed by atoms with Crippen LogP contribution >= 0.6 is 31.9 Å². The minimum Gasteiger partial charge on any atom is -0.351 e. The summed E-state index contributed by atoms with van der Waals surface area (Å²) < 4.78 is 3.50. The Kier molecular flexibility index (Phi) is 4.23. The fraction of sp³-hybridized carbons (Fsp3) is 0.273. The fourth-order valence-corrected chi connectivity index (χ4v) is 2.37. The van der Waals surface area contributed by atoms with E-state index in [1.807, 2.05) is 13.2 Å². The van der Waals surface area contributed by atoms with Gasteiger partial charge in [0, 0.05) is 26.2 Å². The van der Waals surface area contributed by atoms with E-state index in [2.05, 4.69) is 47.1 Å². The van der Waals surface area contributed by atoms with Crippen LogP contribution in [0.15, 0.2) is 27.7 Å². The van der Waals surface area contributed by atoms with Gasteiger partial charge in [0.2, 0.25) is 0 Å². The molecule has 2 heterocycles. The van der Waals surface area contributed by atoms with Crippen LogP contribution in [0.5, 0.6) is 0 Å². The minimum absolute atomic E-state index is 0.0977. The first-order valence-electron chi connectivity index (χ1n) is 5.36. The van der Waals surface area contributed by atoms with Crippen LogP contribution in [-0.2, 0) is 13.5 Å². The standard InChI is InChI=1S/C11H12Br2N4O/c1-17-9(4-8(12)10(17)13)11(18)15-3-2-7-5-14-6-16-7/h4-6H,2-3H2,1H3,(H,14,16)(H,15,18). The van der Waals surface area contributed by atoms with Gasteiger partial charge in [-0.25, -0.2) is 4.98 Å². The zero-order chi connectivity index (χ0) is 13.1. The molecule has 0 unspecified atom stereocenters. The van der Waals surface area contributed by atoms with Gasteiger partial charge in [0.05, 0.1) is 21.1 Å². The largest absolute Gasteiger partial charge is 0.351 e. The van der Waals surface area contributed by atoms with E-state index in [1.165, 1.54) is 0 Å². The van der Waals surface area contributed by atoms with Crippen molar-refractivity contribution in [2.75, 3.05) is 6.54 Å². The van der Waals surface area contributed by atoms with Crippen molar-refractivity contribution >= 4 is 37.8 Å². The molecule has 1 amide bonds. The molecule has 0 bridgehead atoms. The number of hydrogen-bond donors (Lipinski definition) is 2. The SMILES string of the molecule is Cn1c(C(=O)NCCc2c[nH]cn2)cc(Br)c1Br. The van der Waals surface area contributed by atoms with E-state index in [0.29, 0.717) is 18.7 Å². The highest BCUT2D eigenvalue weighted by atomic mass is 79.9. The Morgan fingerprint density at radius 3 is 2.89 bits per heavy atom. The van der Waals surface area contributed by atoms with Gasteiger partial charge in [-0.15, -0.1) is 0 Å². The molecule has 0 aliphatic rings. The molecule has 0 fully saturated rings. The highest BCUT2D eigenvalue weighted by Crippen LogP contribution is 2.25. The Labute approximate surface area is 121 Å². The van der Waals surface area contributed by atoms with Crippen molar-refractivity contribution in [2.24, 2.45) is 7.05 Å². The number of nitrogens with zero attached hydrogens (tertiary/aromatic N) is 2. The van der Waals surface area contributed by atoms with Crippen LogP contribution in [0.2, 0.25) is 0 Å². The predicted molar refractivity (Wildman–Crippen MR) is 75.4 cm³/mol. The van der Waals surface area contributed by atoms with Crippen molar-refractivity contribution in [3.05, 3.63) is 39.1 Å². The number of rotatable bonds is 4. The number of hydrogen-bond acceptors (Lipinski definition) is 2. The average Bonchev–Trinajstić information content (AvgIpc) is 2.94. The molecule has 2 aromatic rings. The average molecular weight is 376 g/mol. The van der Waals surface area contributed by atoms with Crippen molar-refractivity contribution in [1.29, 1.82) is 0 Å². The van der Waals surface area contributed by atoms with Crippen molar-refractivity contribution in [2.45, 2.75) is 6.42 Å². The maximum atomic E-state index is 12.0. The molecule has 0 spiro atoms. The molecule has 0 aromatic carbocycles. The topological polar surface area (TPSA) is 62.7 Å². The van der Waals surface area contributed by atoms with Crippen LogP contribution in [-0.4, -0.2) is 27.0 Å². The third-order valence-corrected chi connectivity index (χ3v) is 4.67. The molecule has 2 aromatic heterocycles. The lowest BCUT2D eigenvalue weighted by molar-refractivity contribution is 0.0946. The number of imidazole rings is 1. The zero-order valence-corrected chi connectivity index (χ0v) is 12.9. The Hall–Kier alpha value is -1.08. The number of carbonyl (C=O) groups excluding carboxylic acids is 1. The summed E-state index contributed by atoms with van der Waals surface area (Å²) in [6.07, 6.45) is 4.16. The molecule has 0 aliphatic carbocycles. The quantitative estimate of drug-likeness (QED) is 0.860. The van der Waals surface area contributed by atoms with Gasteiger partial charge >= 0.3 is 0 Å². The first-order valence-corrected chi connectivity index (χ1v) is 6.94. The lowest BCUT2D eigenvalue weighted by Gasteiger charge is -2.05. The van der Waals surface area contributed by atoms with Crippen molar-refractivity contribution in [3.63, 3.8) is 0 Å². The Bertz CT molecular complexity index is 548. The summed E-state index contributed by atoms with van der Waals surface area (Å²) in [5.74, 6) is -0.0977. The molecule has 2 rings (SSSR count). The van der Waals surface area contributed by atoms with Crippen LogP contribution in [0.3, 0.4) is 0 Å². The van der Waals surface area contributed by atoms with Gasteiger partial charge in [-0.2, -0.15) is 0 Å². The number of nitrogens with one attached hydrogen (secondary N) is 2. The first kappa shape index (κ1) is 13.4. The summed E-state index contributed by atoms with van der Waals surface area (Å²) in [7, 11) is 1.83. The van der Waals surface area contributed by atoms with Crippen LogP contribution in [0.25, 0.3) is 0 Å². The molecule has 96 valence electrons. The third kappa shape index (κ3) is 2.84. The van der Waals surface area contributed by atoms with E-state index in [0.717, 1.165) is 14.8 Å². The van der Waals surface area contributed by atoms with E-state index >= 15 is 0 Å². The molecule has 0 aliphatic heterocycles. The van der Waals surface area contributed by atoms with Crippen molar-refractivity contribution < 1.29 is 4.79 Å². The maximum Gasteiger partial charge on any atom is 0.267 e. The van der Waals surface area contributed by atoms with E-state index in [1.54, 1.807) is 17.0 Å². The molecule has 0 atom stereocenters. The van der Waals surface area contributed by atoms with Gasteiger partial charge in [-0.3, -0.25) is 4.79 Å². The van der Waals surface area contributed by atoms with Crippen molar-refractivity contribution in [1.82, 2.24) is 19.9 Å². The van der Waals surface area contributed by atoms with Crippen LogP contribution < -0.4 is 5.32 Å². The summed E-state index contributed by atoms with van der Waals surface area (Å²) in [5.41, 5.74) is 1.54. The molecule has 0 radical (unpaired) electrons. The number of aromatic nitrogens is 3. The number of halogens is 2. The second-order valence-corrected chi connectivity index (χ2v) is 5.40. The fourth-order valence-electron chi connectivity index (χ4n) is 1.58.